The van der Waals surface area contributed by atoms with Crippen LogP contribution in [-0.4, -0.2) is 33.6 Å². The number of likely N-dealkylation sites (tertiary alicyclic amines) is 1. The number of nitrogens with zero attached hydrogens (tertiary/aromatic N) is 3. The molecule has 2 heterocycles. The largest absolute Gasteiger partial charge is 0.299 e. The lowest BCUT2D eigenvalue weighted by atomic mass is 9.98. The summed E-state index contributed by atoms with van der Waals surface area (Å²) >= 11 is 0. The van der Waals surface area contributed by atoms with Gasteiger partial charge in [0.25, 0.3) is 0 Å². The van der Waals surface area contributed by atoms with Gasteiger partial charge in [-0.05, 0) is 12.5 Å². The van der Waals surface area contributed by atoms with E-state index >= 15 is 0 Å². The number of hydrogen-bond acceptors (Lipinski definition) is 3. The van der Waals surface area contributed by atoms with Gasteiger partial charge in [0.05, 0.1) is 11.4 Å². The van der Waals surface area contributed by atoms with Crippen LogP contribution in [0.2, 0.25) is 0 Å². The monoisotopic (exact) mass is 235 g/mol. The molecule has 0 spiro atoms. The predicted molar refractivity (Wildman–Crippen MR) is 66.7 cm³/mol. The first-order chi connectivity index (χ1) is 8.10. The van der Waals surface area contributed by atoms with E-state index in [0.29, 0.717) is 12.2 Å². The maximum atomic E-state index is 11.5. The summed E-state index contributed by atoms with van der Waals surface area (Å²) in [6.45, 7) is 6.81. The van der Waals surface area contributed by atoms with E-state index in [2.05, 4.69) is 23.0 Å². The molecule has 1 fully saturated rings. The SMILES string of the molecule is CCc1cc(CN2CCC(=O)C(C)C2)n(C)n1. The van der Waals surface area contributed by atoms with E-state index in [-0.39, 0.29) is 5.92 Å². The summed E-state index contributed by atoms with van der Waals surface area (Å²) in [5, 5.41) is 4.45. The summed E-state index contributed by atoms with van der Waals surface area (Å²) in [5.41, 5.74) is 2.38. The van der Waals surface area contributed by atoms with Gasteiger partial charge >= 0.3 is 0 Å². The summed E-state index contributed by atoms with van der Waals surface area (Å²) < 4.78 is 1.96. The first-order valence-electron chi connectivity index (χ1n) is 6.37. The summed E-state index contributed by atoms with van der Waals surface area (Å²) in [5.74, 6) is 0.586. The van der Waals surface area contributed by atoms with E-state index in [1.807, 2.05) is 18.7 Å². The number of hydrogen-bond donors (Lipinski definition) is 0. The van der Waals surface area contributed by atoms with Crippen molar-refractivity contribution < 1.29 is 4.79 Å². The molecule has 4 nitrogen and oxygen atoms in total. The van der Waals surface area contributed by atoms with Crippen LogP contribution >= 0.6 is 0 Å². The number of Topliss-reactive ketones (excluding diaryl/α,β-unsaturated/α-hetero) is 1. The van der Waals surface area contributed by atoms with Gasteiger partial charge in [0.1, 0.15) is 5.78 Å². The minimum Gasteiger partial charge on any atom is -0.299 e. The van der Waals surface area contributed by atoms with Crippen LogP contribution in [0, 0.1) is 5.92 Å². The van der Waals surface area contributed by atoms with E-state index in [9.17, 15) is 4.79 Å². The van der Waals surface area contributed by atoms with Crippen molar-refractivity contribution in [1.29, 1.82) is 0 Å². The van der Waals surface area contributed by atoms with Crippen LogP contribution in [0.3, 0.4) is 0 Å². The molecule has 17 heavy (non-hydrogen) atoms. The molecule has 4 heteroatoms. The Hall–Kier alpha value is -1.16. The quantitative estimate of drug-likeness (QED) is 0.794. The number of ketones is 1. The smallest absolute Gasteiger partial charge is 0.138 e. The Morgan fingerprint density at radius 3 is 2.88 bits per heavy atom. The zero-order valence-electron chi connectivity index (χ0n) is 10.9. The van der Waals surface area contributed by atoms with Crippen molar-refractivity contribution in [3.05, 3.63) is 17.5 Å². The highest BCUT2D eigenvalue weighted by atomic mass is 16.1. The van der Waals surface area contributed by atoms with Crippen molar-refractivity contribution in [1.82, 2.24) is 14.7 Å². The normalized spacial score (nSPS) is 22.1. The summed E-state index contributed by atoms with van der Waals surface area (Å²) in [6.07, 6.45) is 1.67. The number of carbonyl (C=O) groups is 1. The minimum absolute atomic E-state index is 0.183. The van der Waals surface area contributed by atoms with Crippen LogP contribution in [0.4, 0.5) is 0 Å². The van der Waals surface area contributed by atoms with Gasteiger partial charge in [-0.2, -0.15) is 5.10 Å². The third-order valence-corrected chi connectivity index (χ3v) is 3.53. The Morgan fingerprint density at radius 2 is 2.29 bits per heavy atom. The molecule has 0 bridgehead atoms. The van der Waals surface area contributed by atoms with E-state index in [4.69, 9.17) is 0 Å². The van der Waals surface area contributed by atoms with E-state index in [1.54, 1.807) is 0 Å². The van der Waals surface area contributed by atoms with Crippen LogP contribution in [0.15, 0.2) is 6.07 Å². The maximum absolute atomic E-state index is 11.5. The van der Waals surface area contributed by atoms with Crippen molar-refractivity contribution in [3.8, 4) is 0 Å². The lowest BCUT2D eigenvalue weighted by Crippen LogP contribution is -2.39. The highest BCUT2D eigenvalue weighted by Crippen LogP contribution is 2.15. The molecule has 0 radical (unpaired) electrons. The van der Waals surface area contributed by atoms with Gasteiger partial charge in [0.2, 0.25) is 0 Å². The lowest BCUT2D eigenvalue weighted by molar-refractivity contribution is -0.125. The van der Waals surface area contributed by atoms with Gasteiger partial charge in [-0.25, -0.2) is 0 Å². The Bertz CT molecular complexity index is 411. The first kappa shape index (κ1) is 12.3. The second-order valence-corrected chi connectivity index (χ2v) is 4.96. The molecule has 1 aliphatic rings. The molecule has 1 saturated heterocycles. The van der Waals surface area contributed by atoms with Crippen LogP contribution < -0.4 is 0 Å². The van der Waals surface area contributed by atoms with Crippen molar-refractivity contribution in [3.63, 3.8) is 0 Å². The number of rotatable bonds is 3. The highest BCUT2D eigenvalue weighted by Gasteiger charge is 2.23. The summed E-state index contributed by atoms with van der Waals surface area (Å²) in [4.78, 5) is 13.8. The second kappa shape index (κ2) is 5.00. The Labute approximate surface area is 103 Å². The molecule has 1 aromatic rings. The Morgan fingerprint density at radius 1 is 1.53 bits per heavy atom. The molecule has 0 saturated carbocycles. The number of aromatic nitrogens is 2. The molecule has 1 aliphatic heterocycles. The molecule has 0 aromatic carbocycles. The van der Waals surface area contributed by atoms with E-state index in [0.717, 1.165) is 31.7 Å². The maximum Gasteiger partial charge on any atom is 0.138 e. The van der Waals surface area contributed by atoms with Gasteiger partial charge in [0, 0.05) is 39.0 Å². The van der Waals surface area contributed by atoms with Gasteiger partial charge < -0.3 is 0 Å². The molecular formula is C13H21N3O. The molecule has 0 N–H and O–H groups in total. The third-order valence-electron chi connectivity index (χ3n) is 3.53. The van der Waals surface area contributed by atoms with Crippen LogP contribution in [0.5, 0.6) is 0 Å². The van der Waals surface area contributed by atoms with Gasteiger partial charge in [-0.1, -0.05) is 13.8 Å². The molecule has 1 aromatic heterocycles. The lowest BCUT2D eigenvalue weighted by Gasteiger charge is -2.29. The third kappa shape index (κ3) is 2.75. The van der Waals surface area contributed by atoms with Crippen molar-refractivity contribution in [2.75, 3.05) is 13.1 Å². The Balaban J connectivity index is 2.00. The molecule has 0 amide bonds. The zero-order chi connectivity index (χ0) is 12.4. The van der Waals surface area contributed by atoms with E-state index in [1.165, 1.54) is 5.69 Å². The fourth-order valence-corrected chi connectivity index (χ4v) is 2.36. The molecule has 94 valence electrons. The predicted octanol–water partition coefficient (Wildman–Crippen LogP) is 1.39. The van der Waals surface area contributed by atoms with Crippen LogP contribution in [0.25, 0.3) is 0 Å². The minimum atomic E-state index is 0.183. The average Bonchev–Trinajstić information content (AvgIpc) is 2.65. The molecule has 0 aliphatic carbocycles. The molecule has 1 unspecified atom stereocenters. The second-order valence-electron chi connectivity index (χ2n) is 4.96. The van der Waals surface area contributed by atoms with Gasteiger partial charge in [-0.15, -0.1) is 0 Å². The number of carbonyl (C=O) groups excluding carboxylic acids is 1. The highest BCUT2D eigenvalue weighted by molar-refractivity contribution is 5.81. The van der Waals surface area contributed by atoms with Crippen LogP contribution in [0.1, 0.15) is 31.7 Å². The topological polar surface area (TPSA) is 38.1 Å². The average molecular weight is 235 g/mol. The molecule has 1 atom stereocenters. The summed E-state index contributed by atoms with van der Waals surface area (Å²) in [6, 6.07) is 2.17. The Kier molecular flexibility index (Phi) is 3.62. The first-order valence-corrected chi connectivity index (χ1v) is 6.37. The van der Waals surface area contributed by atoms with Gasteiger partial charge in [0.15, 0.2) is 0 Å². The van der Waals surface area contributed by atoms with Crippen molar-refractivity contribution in [2.45, 2.75) is 33.2 Å². The fourth-order valence-electron chi connectivity index (χ4n) is 2.36. The van der Waals surface area contributed by atoms with Crippen molar-refractivity contribution in [2.24, 2.45) is 13.0 Å². The number of aryl methyl sites for hydroxylation is 2. The van der Waals surface area contributed by atoms with E-state index < -0.39 is 0 Å². The molecule has 2 rings (SSSR count). The number of piperidine rings is 1. The standard InChI is InChI=1S/C13H21N3O/c1-4-11-7-12(15(3)14-11)9-16-6-5-13(17)10(2)8-16/h7,10H,4-6,8-9H2,1-3H3. The van der Waals surface area contributed by atoms with Crippen LogP contribution in [-0.2, 0) is 24.8 Å². The van der Waals surface area contributed by atoms with Crippen molar-refractivity contribution >= 4 is 5.78 Å². The summed E-state index contributed by atoms with van der Waals surface area (Å²) in [7, 11) is 1.99. The fraction of sp³-hybridized carbons (Fsp3) is 0.692. The zero-order valence-corrected chi connectivity index (χ0v) is 10.9. The molecular weight excluding hydrogens is 214 g/mol. The van der Waals surface area contributed by atoms with Gasteiger partial charge in [-0.3, -0.25) is 14.4 Å².